The molecule has 1 aromatic carbocycles. The summed E-state index contributed by atoms with van der Waals surface area (Å²) in [6.45, 7) is 3.34. The maximum Gasteiger partial charge on any atom is 0.261 e. The lowest BCUT2D eigenvalue weighted by Crippen LogP contribution is -2.51. The lowest BCUT2D eigenvalue weighted by Gasteiger charge is -2.39. The minimum atomic E-state index is -4.10. The van der Waals surface area contributed by atoms with E-state index in [0.717, 1.165) is 31.4 Å². The molecule has 20 heavy (non-hydrogen) atoms. The fourth-order valence-corrected chi connectivity index (χ4v) is 3.53. The number of rotatable bonds is 3. The largest absolute Gasteiger partial charge is 0.347 e. The third-order valence-corrected chi connectivity index (χ3v) is 5.15. The zero-order valence-electron chi connectivity index (χ0n) is 11.2. The van der Waals surface area contributed by atoms with Crippen molar-refractivity contribution in [3.05, 3.63) is 29.1 Å². The highest BCUT2D eigenvalue weighted by atomic mass is 35.7. The van der Waals surface area contributed by atoms with Crippen LogP contribution in [0.15, 0.2) is 17.0 Å². The Labute approximate surface area is 121 Å². The van der Waals surface area contributed by atoms with Crippen LogP contribution >= 0.6 is 10.7 Å². The molecule has 110 valence electrons. The number of carbonyl (C=O) groups is 1. The van der Waals surface area contributed by atoms with E-state index in [-0.39, 0.29) is 21.6 Å². The molecule has 1 saturated carbocycles. The molecule has 4 nitrogen and oxygen atoms in total. The second-order valence-corrected chi connectivity index (χ2v) is 7.92. The van der Waals surface area contributed by atoms with Gasteiger partial charge in [-0.25, -0.2) is 12.8 Å². The van der Waals surface area contributed by atoms with E-state index in [0.29, 0.717) is 0 Å². The Bertz CT molecular complexity index is 668. The van der Waals surface area contributed by atoms with Gasteiger partial charge in [-0.3, -0.25) is 4.79 Å². The molecular weight excluding hydrogens is 305 g/mol. The van der Waals surface area contributed by atoms with Crippen LogP contribution in [0.25, 0.3) is 0 Å². The number of hydrogen-bond acceptors (Lipinski definition) is 3. The molecule has 0 unspecified atom stereocenters. The average Bonchev–Trinajstić information content (AvgIpc) is 2.28. The minimum absolute atomic E-state index is 0.00245. The summed E-state index contributed by atoms with van der Waals surface area (Å²) in [5.41, 5.74) is -0.144. The van der Waals surface area contributed by atoms with E-state index in [1.807, 2.05) is 6.92 Å². The smallest absolute Gasteiger partial charge is 0.261 e. The fraction of sp³-hybridized carbons (Fsp3) is 0.462. The monoisotopic (exact) mass is 319 g/mol. The van der Waals surface area contributed by atoms with Crippen molar-refractivity contribution in [2.24, 2.45) is 0 Å². The number of benzene rings is 1. The van der Waals surface area contributed by atoms with Gasteiger partial charge in [-0.1, -0.05) is 0 Å². The van der Waals surface area contributed by atoms with Gasteiger partial charge in [0.2, 0.25) is 0 Å². The van der Waals surface area contributed by atoms with Gasteiger partial charge >= 0.3 is 0 Å². The van der Waals surface area contributed by atoms with Crippen LogP contribution in [0.2, 0.25) is 0 Å². The topological polar surface area (TPSA) is 63.2 Å². The van der Waals surface area contributed by atoms with Crippen LogP contribution in [0.5, 0.6) is 0 Å². The number of halogens is 2. The molecule has 0 atom stereocenters. The summed E-state index contributed by atoms with van der Waals surface area (Å²) in [6, 6.07) is 1.85. The molecule has 1 aromatic rings. The molecule has 0 radical (unpaired) electrons. The number of hydrogen-bond donors (Lipinski definition) is 1. The van der Waals surface area contributed by atoms with Crippen LogP contribution in [0.4, 0.5) is 4.39 Å². The Morgan fingerprint density at radius 3 is 2.45 bits per heavy atom. The van der Waals surface area contributed by atoms with E-state index in [1.54, 1.807) is 0 Å². The molecule has 0 aromatic heterocycles. The molecule has 1 fully saturated rings. The molecule has 1 aliphatic rings. The molecular formula is C13H15ClFNO3S. The summed E-state index contributed by atoms with van der Waals surface area (Å²) < 4.78 is 36.3. The molecule has 1 aliphatic carbocycles. The van der Waals surface area contributed by atoms with Crippen LogP contribution in [-0.4, -0.2) is 19.9 Å². The molecule has 0 spiro atoms. The van der Waals surface area contributed by atoms with Crippen molar-refractivity contribution in [3.63, 3.8) is 0 Å². The Balaban J connectivity index is 2.41. The number of amides is 1. The predicted molar refractivity (Wildman–Crippen MR) is 73.9 cm³/mol. The van der Waals surface area contributed by atoms with E-state index in [9.17, 15) is 17.6 Å². The summed E-state index contributed by atoms with van der Waals surface area (Å²) in [6.07, 6.45) is 2.74. The van der Waals surface area contributed by atoms with E-state index < -0.39 is 20.8 Å². The molecule has 1 N–H and O–H groups in total. The highest BCUT2D eigenvalue weighted by Crippen LogP contribution is 2.32. The fourth-order valence-electron chi connectivity index (χ4n) is 2.32. The van der Waals surface area contributed by atoms with Crippen molar-refractivity contribution in [2.75, 3.05) is 0 Å². The normalized spacial score (nSPS) is 17.4. The van der Waals surface area contributed by atoms with Gasteiger partial charge in [0.15, 0.2) is 0 Å². The van der Waals surface area contributed by atoms with Gasteiger partial charge in [-0.15, -0.1) is 0 Å². The quantitative estimate of drug-likeness (QED) is 0.871. The average molecular weight is 320 g/mol. The first-order chi connectivity index (χ1) is 9.12. The third-order valence-electron chi connectivity index (χ3n) is 3.70. The van der Waals surface area contributed by atoms with E-state index >= 15 is 0 Å². The zero-order chi connectivity index (χ0) is 15.1. The first-order valence-corrected chi connectivity index (χ1v) is 8.51. The van der Waals surface area contributed by atoms with Crippen LogP contribution in [0.3, 0.4) is 0 Å². The number of nitrogens with one attached hydrogen (secondary N) is 1. The molecule has 0 bridgehead atoms. The lowest BCUT2D eigenvalue weighted by atomic mass is 9.78. The first-order valence-electron chi connectivity index (χ1n) is 6.20. The number of carbonyl (C=O) groups excluding carboxylic acids is 1. The van der Waals surface area contributed by atoms with Crippen molar-refractivity contribution >= 4 is 25.6 Å². The highest BCUT2D eigenvalue weighted by molar-refractivity contribution is 8.13. The van der Waals surface area contributed by atoms with Crippen molar-refractivity contribution in [3.8, 4) is 0 Å². The second-order valence-electron chi connectivity index (χ2n) is 5.38. The molecule has 1 amide bonds. The van der Waals surface area contributed by atoms with Crippen LogP contribution in [-0.2, 0) is 9.05 Å². The Hall–Kier alpha value is -1.14. The van der Waals surface area contributed by atoms with Crippen LogP contribution in [0.1, 0.15) is 42.1 Å². The third kappa shape index (κ3) is 2.96. The van der Waals surface area contributed by atoms with Gasteiger partial charge in [-0.2, -0.15) is 0 Å². The minimum Gasteiger partial charge on any atom is -0.347 e. The second kappa shape index (κ2) is 5.00. The van der Waals surface area contributed by atoms with Gasteiger partial charge in [0.25, 0.3) is 15.0 Å². The van der Waals surface area contributed by atoms with Crippen molar-refractivity contribution in [2.45, 2.75) is 43.5 Å². The van der Waals surface area contributed by atoms with E-state index in [4.69, 9.17) is 10.7 Å². The van der Waals surface area contributed by atoms with Gasteiger partial charge in [-0.05, 0) is 50.8 Å². The Morgan fingerprint density at radius 2 is 2.00 bits per heavy atom. The van der Waals surface area contributed by atoms with Crippen LogP contribution < -0.4 is 5.32 Å². The van der Waals surface area contributed by atoms with Gasteiger partial charge in [0.05, 0.1) is 4.90 Å². The van der Waals surface area contributed by atoms with Crippen molar-refractivity contribution < 1.29 is 17.6 Å². The lowest BCUT2D eigenvalue weighted by molar-refractivity contribution is 0.0849. The summed E-state index contributed by atoms with van der Waals surface area (Å²) in [7, 11) is 1.16. The maximum atomic E-state index is 13.5. The van der Waals surface area contributed by atoms with Gasteiger partial charge in [0, 0.05) is 21.8 Å². The molecule has 0 saturated heterocycles. The Morgan fingerprint density at radius 1 is 1.40 bits per heavy atom. The van der Waals surface area contributed by atoms with Crippen LogP contribution in [0, 0.1) is 12.7 Å². The van der Waals surface area contributed by atoms with E-state index in [2.05, 4.69) is 5.32 Å². The summed E-state index contributed by atoms with van der Waals surface area (Å²) in [5.74, 6) is -1.29. The first kappa shape index (κ1) is 15.3. The summed E-state index contributed by atoms with van der Waals surface area (Å²) in [4.78, 5) is 11.8. The highest BCUT2D eigenvalue weighted by Gasteiger charge is 2.34. The Kier molecular flexibility index (Phi) is 3.81. The van der Waals surface area contributed by atoms with Crippen molar-refractivity contribution in [1.29, 1.82) is 0 Å². The molecule has 0 heterocycles. The van der Waals surface area contributed by atoms with E-state index in [1.165, 1.54) is 6.92 Å². The summed E-state index contributed by atoms with van der Waals surface area (Å²) >= 11 is 0. The zero-order valence-corrected chi connectivity index (χ0v) is 12.7. The van der Waals surface area contributed by atoms with Crippen molar-refractivity contribution in [1.82, 2.24) is 5.32 Å². The molecule has 7 heteroatoms. The van der Waals surface area contributed by atoms with Gasteiger partial charge < -0.3 is 5.32 Å². The molecule has 2 rings (SSSR count). The predicted octanol–water partition coefficient (Wildman–Crippen LogP) is 2.73. The standard InChI is InChI=1S/C13H15ClFNO3S/c1-8-10(12(17)16-13(2)4-3-5-13)6-9(15)7-11(8)20(14,18)19/h6-7H,3-5H2,1-2H3,(H,16,17). The molecule has 0 aliphatic heterocycles. The van der Waals surface area contributed by atoms with Gasteiger partial charge in [0.1, 0.15) is 5.82 Å². The SMILES string of the molecule is Cc1c(C(=O)NC2(C)CCC2)cc(F)cc1S(=O)(=O)Cl. The summed E-state index contributed by atoms with van der Waals surface area (Å²) in [5, 5.41) is 2.81. The maximum absolute atomic E-state index is 13.5.